The van der Waals surface area contributed by atoms with Crippen LogP contribution < -0.4 is 81.0 Å². The van der Waals surface area contributed by atoms with Crippen LogP contribution in [0.25, 0.3) is 10.9 Å². The van der Waals surface area contributed by atoms with Gasteiger partial charge in [0.05, 0.1) is 25.9 Å². The molecule has 1 aromatic carbocycles. The Hall–Kier alpha value is -12.0. The molecule has 15 amide bonds. The van der Waals surface area contributed by atoms with Crippen LogP contribution in [0.3, 0.4) is 0 Å². The summed E-state index contributed by atoms with van der Waals surface area (Å²) in [5.41, 5.74) is 17.8. The van der Waals surface area contributed by atoms with Gasteiger partial charge in [-0.3, -0.25) is 86.3 Å². The van der Waals surface area contributed by atoms with E-state index in [0.717, 1.165) is 60.1 Å². The van der Waals surface area contributed by atoms with Gasteiger partial charge in [0, 0.05) is 56.9 Å². The number of carboxylic acids is 4. The second-order valence-electron chi connectivity index (χ2n) is 27.9. The summed E-state index contributed by atoms with van der Waals surface area (Å²) in [6.45, 7) is 4.52. The smallest absolute Gasteiger partial charge is 0.335 e. The van der Waals surface area contributed by atoms with Crippen LogP contribution in [0.5, 0.6) is 0 Å². The normalized spacial score (nSPS) is 21.8. The number of aliphatic carboxylic acids is 4. The van der Waals surface area contributed by atoms with Crippen molar-refractivity contribution in [2.24, 2.45) is 23.1 Å². The maximum absolute atomic E-state index is 15.0. The first kappa shape index (κ1) is 98.2. The van der Waals surface area contributed by atoms with Crippen LogP contribution in [0.1, 0.15) is 156 Å². The average Bonchev–Trinajstić information content (AvgIpc) is 1.50. The number of carbonyl (C=O) groups is 20. The number of primary amides is 2. The molecule has 0 spiro atoms. The van der Waals surface area contributed by atoms with Gasteiger partial charge in [-0.2, -0.15) is 0 Å². The number of amides is 15. The van der Waals surface area contributed by atoms with Gasteiger partial charge in [-0.15, -0.1) is 0 Å². The van der Waals surface area contributed by atoms with Gasteiger partial charge < -0.3 is 126 Å². The van der Waals surface area contributed by atoms with E-state index in [9.17, 15) is 121 Å². The van der Waals surface area contributed by atoms with Crippen LogP contribution in [0.4, 0.5) is 0 Å². The summed E-state index contributed by atoms with van der Waals surface area (Å²) < 4.78 is 10.7. The third-order valence-electron chi connectivity index (χ3n) is 18.6. The predicted molar refractivity (Wildman–Crippen MR) is 404 cm³/mol. The quantitative estimate of drug-likeness (QED) is 0.0220. The number of cyclic esters (lactones) is 1. The van der Waals surface area contributed by atoms with Crippen molar-refractivity contribution in [3.8, 4) is 0 Å². The largest absolute Gasteiger partial charge is 0.481 e. The minimum absolute atomic E-state index is 0.00568. The van der Waals surface area contributed by atoms with Crippen LogP contribution in [0.2, 0.25) is 0 Å². The highest BCUT2D eigenvalue weighted by molar-refractivity contribution is 6.02. The molecule has 644 valence electrons. The number of nitrogens with two attached hydrogens (primary N) is 3. The molecule has 44 nitrogen and oxygen atoms in total. The third kappa shape index (κ3) is 33.2. The van der Waals surface area contributed by atoms with Crippen molar-refractivity contribution in [1.29, 1.82) is 0 Å². The molecule has 116 heavy (non-hydrogen) atoms. The van der Waals surface area contributed by atoms with Gasteiger partial charge in [0.1, 0.15) is 72.6 Å². The first-order chi connectivity index (χ1) is 54.7. The summed E-state index contributed by atoms with van der Waals surface area (Å²) in [4.78, 5) is 277. The molecule has 1 aliphatic heterocycles. The fourth-order valence-corrected chi connectivity index (χ4v) is 11.9. The Kier molecular flexibility index (Phi) is 42.0. The van der Waals surface area contributed by atoms with Gasteiger partial charge >= 0.3 is 29.8 Å². The van der Waals surface area contributed by atoms with Gasteiger partial charge in [0.15, 0.2) is 12.2 Å². The Morgan fingerprint density at radius 2 is 1.20 bits per heavy atom. The number of H-pyrrole nitrogens is 1. The lowest BCUT2D eigenvalue weighted by atomic mass is 9.98. The SMILES string of the molecule is CCCCCCCCCC(=O)N[C@@H](Cc1c[nH]c2ccccc12)C(=O)N[C@H](CCC(=O)O)C(=O)N[C@H](C(=O)NC1C(=O)N(C)CC(=O)N[C@@H](C)C(=O)NC(CC(=O)O)C(=O)N[C@H](CCCCN)C(=O)N[C@@H]([C@@H](OC)C(=O)O)C(=O)NCC(=O)N[C@H](CC(N)=O)C(=O)NC(CCC(=O)O)C(=O)N[C@@H]([C@@H](C)CC)C(=O)OC1C)[C@@H](O)C(N)=O. The molecule has 2 heterocycles. The number of carboxylic acid groups (broad SMARTS) is 4. The second-order valence-corrected chi connectivity index (χ2v) is 27.9. The molecule has 0 saturated carbocycles. The zero-order chi connectivity index (χ0) is 87.2. The van der Waals surface area contributed by atoms with E-state index < -0.39 is 261 Å². The summed E-state index contributed by atoms with van der Waals surface area (Å²) in [7, 11) is 1.70. The number of nitrogens with zero attached hydrogens (tertiary/aromatic N) is 1. The minimum atomic E-state index is -2.80. The lowest BCUT2D eigenvalue weighted by molar-refractivity contribution is -0.159. The van der Waals surface area contributed by atoms with Crippen molar-refractivity contribution in [3.63, 3.8) is 0 Å². The average molecular weight is 1640 g/mol. The number of aliphatic hydroxyl groups is 1. The number of hydrogen-bond acceptors (Lipinski definition) is 24. The molecule has 1 fully saturated rings. The number of rotatable bonds is 38. The topological polar surface area (TPSA) is 702 Å². The maximum Gasteiger partial charge on any atom is 0.335 e. The zero-order valence-corrected chi connectivity index (χ0v) is 65.5. The molecule has 2 aromatic rings. The number of aromatic nitrogens is 1. The van der Waals surface area contributed by atoms with E-state index in [4.69, 9.17) is 26.7 Å². The first-order valence-electron chi connectivity index (χ1n) is 37.6. The summed E-state index contributed by atoms with van der Waals surface area (Å²) in [6.07, 6.45) is -5.79. The number of aromatic amines is 1. The van der Waals surface area contributed by atoms with Crippen LogP contribution in [-0.4, -0.2) is 272 Å². The highest BCUT2D eigenvalue weighted by Gasteiger charge is 2.44. The van der Waals surface area contributed by atoms with E-state index in [2.05, 4.69) is 65.1 Å². The minimum Gasteiger partial charge on any atom is -0.481 e. The summed E-state index contributed by atoms with van der Waals surface area (Å²) in [5, 5.41) is 78.0. The predicted octanol–water partition coefficient (Wildman–Crippen LogP) is -6.08. The highest BCUT2D eigenvalue weighted by Crippen LogP contribution is 2.21. The van der Waals surface area contributed by atoms with Crippen molar-refractivity contribution in [2.45, 2.75) is 241 Å². The lowest BCUT2D eigenvalue weighted by Crippen LogP contribution is -2.64. The molecule has 1 saturated heterocycles. The summed E-state index contributed by atoms with van der Waals surface area (Å²) in [5.74, 6) is -29.5. The Bertz CT molecular complexity index is 3840. The molecule has 0 bridgehead atoms. The molecule has 1 aromatic heterocycles. The molecule has 0 aliphatic carbocycles. The van der Waals surface area contributed by atoms with Gasteiger partial charge in [0.25, 0.3) is 0 Å². The number of ether oxygens (including phenoxy) is 2. The van der Waals surface area contributed by atoms with Gasteiger partial charge in [0.2, 0.25) is 88.6 Å². The van der Waals surface area contributed by atoms with Crippen molar-refractivity contribution in [3.05, 3.63) is 36.0 Å². The zero-order valence-electron chi connectivity index (χ0n) is 65.5. The molecule has 4 unspecified atom stereocenters. The van der Waals surface area contributed by atoms with E-state index in [1.54, 1.807) is 30.5 Å². The Balaban J connectivity index is 2.28. The number of hydrogen-bond donors (Lipinski definition) is 21. The molecule has 24 N–H and O–H groups in total. The van der Waals surface area contributed by atoms with Crippen LogP contribution in [0.15, 0.2) is 30.5 Å². The number of fused-ring (bicyclic) bond motifs is 1. The number of benzene rings is 1. The number of para-hydroxylation sites is 1. The first-order valence-corrected chi connectivity index (χ1v) is 37.6. The van der Waals surface area contributed by atoms with E-state index in [1.165, 1.54) is 13.8 Å². The van der Waals surface area contributed by atoms with E-state index in [1.807, 2.05) is 10.6 Å². The van der Waals surface area contributed by atoms with Crippen molar-refractivity contribution < 1.29 is 131 Å². The molecule has 3 rings (SSSR count). The van der Waals surface area contributed by atoms with Gasteiger partial charge in [-0.25, -0.2) is 9.59 Å². The molecular formula is C72H109N17O27. The number of methoxy groups -OCH3 is 1. The van der Waals surface area contributed by atoms with Crippen molar-refractivity contribution >= 4 is 129 Å². The van der Waals surface area contributed by atoms with Gasteiger partial charge in [-0.1, -0.05) is 83.9 Å². The number of aliphatic hydroxyl groups excluding tert-OH is 1. The molecule has 44 heteroatoms. The van der Waals surface area contributed by atoms with Crippen molar-refractivity contribution in [2.75, 3.05) is 33.8 Å². The summed E-state index contributed by atoms with van der Waals surface area (Å²) in [6, 6.07) is -15.7. The number of esters is 1. The fraction of sp³-hybridized carbons (Fsp3) is 0.611. The number of carbonyl (C=O) groups excluding carboxylic acids is 16. The number of nitrogens with one attached hydrogen (secondary N) is 13. The Morgan fingerprint density at radius 3 is 1.78 bits per heavy atom. The second kappa shape index (κ2) is 49.6. The van der Waals surface area contributed by atoms with E-state index in [0.29, 0.717) is 34.2 Å². The Morgan fingerprint density at radius 1 is 0.621 bits per heavy atom. The lowest BCUT2D eigenvalue weighted by Gasteiger charge is -2.32. The fourth-order valence-electron chi connectivity index (χ4n) is 11.9. The van der Waals surface area contributed by atoms with Crippen LogP contribution >= 0.6 is 0 Å². The number of unbranched alkanes of at least 4 members (excludes halogenated alkanes) is 7. The van der Waals surface area contributed by atoms with Crippen molar-refractivity contribution in [1.82, 2.24) is 73.7 Å². The standard InChI is InChI=1S/C72H109N17O27/c1-8-10-11-12-13-14-15-23-48(91)79-44(29-38-32-76-40-21-17-16-20-39(38)40)65(106)82-43(25-27-52(96)97)64(105)87-56(58(100)60(75)101)69(110)86-55-37(5)116-72(114)54(35(3)9-2)85-63(104)42(24-26-51(94)95)83-66(107)45(30-47(74)90)80-49(92)33-77-68(109)57(59(115-7)71(112)113)88-62(103)41(22-18-19-28-73)81-67(108)46(31-53(98)99)84-61(102)36(4)78-50(93)34-89(6)70(55)111/h16-17,20-21,32,35-37,41-46,54-59,76,100H,8-15,18-19,22-31,33-34,73H2,1-7H3,(H2,74,90)(H2,75,101)(H,77,109)(H,78,93)(H,79,91)(H,80,92)(H,81,108)(H,82,106)(H,83,107)(H,84,102)(H,85,104)(H,86,110)(H,87,105)(H,88,103)(H,94,95)(H,96,97)(H,98,99)(H,112,113)/t35-,36-,37?,41+,42?,43+,44-,45+,46?,54-,55?,56-,57-,58+,59+/m0/s1. The van der Waals surface area contributed by atoms with Gasteiger partial charge in [-0.05, 0) is 76.5 Å². The number of likely N-dealkylation sites (N-methyl/N-ethyl adjacent to an activating group) is 1. The molecular weight excluding hydrogens is 1530 g/mol. The van der Waals surface area contributed by atoms with E-state index >= 15 is 0 Å². The highest BCUT2D eigenvalue weighted by atomic mass is 16.5. The Labute approximate surface area is 665 Å². The molecule has 1 aliphatic rings. The van der Waals surface area contributed by atoms with E-state index in [-0.39, 0.29) is 45.1 Å². The molecule has 0 radical (unpaired) electrons. The molecule has 15 atom stereocenters. The monoisotopic (exact) mass is 1640 g/mol. The maximum atomic E-state index is 15.0. The van der Waals surface area contributed by atoms with Crippen LogP contribution in [0, 0.1) is 5.92 Å². The van der Waals surface area contributed by atoms with Crippen LogP contribution in [-0.2, 0) is 112 Å². The third-order valence-corrected chi connectivity index (χ3v) is 18.6. The summed E-state index contributed by atoms with van der Waals surface area (Å²) >= 11 is 0.